The van der Waals surface area contributed by atoms with Gasteiger partial charge < -0.3 is 19.9 Å². The molecule has 2 aliphatic carbocycles. The summed E-state index contributed by atoms with van der Waals surface area (Å²) in [5.74, 6) is 2.07. The molecule has 4 heterocycles. The Kier molecular flexibility index (Phi) is 4.31. The summed E-state index contributed by atoms with van der Waals surface area (Å²) in [6.07, 6.45) is 9.72. The molecule has 1 atom stereocenters. The highest BCUT2D eigenvalue weighted by molar-refractivity contribution is 5.93. The number of hydrogen-bond donors (Lipinski definition) is 2. The number of anilines is 1. The summed E-state index contributed by atoms with van der Waals surface area (Å²) in [5, 5.41) is 15.3. The first kappa shape index (κ1) is 18.9. The molecular weight excluding hydrogens is 394 g/mol. The fraction of sp³-hybridized carbons (Fsp3) is 0.522. The van der Waals surface area contributed by atoms with Gasteiger partial charge in [0.05, 0.1) is 11.1 Å². The van der Waals surface area contributed by atoms with Gasteiger partial charge in [-0.1, -0.05) is 0 Å². The number of rotatable bonds is 5. The lowest BCUT2D eigenvalue weighted by Crippen LogP contribution is -2.57. The Morgan fingerprint density at radius 2 is 2.19 bits per heavy atom. The van der Waals surface area contributed by atoms with E-state index in [0.29, 0.717) is 11.7 Å². The molecule has 3 aliphatic rings. The standard InChI is InChI=1S/C23H27N5O3/c1-14-20(22(27-31-14)30-18-5-9-24-23(13-18)7-2-8-23)16-6-10-28-17(11-16)12-19(26-28)25-21(29)15-3-4-15/h6,10-12,15,18,24H,2-5,7-9,13H2,1H3,(H,25,26,29). The maximum atomic E-state index is 12.1. The van der Waals surface area contributed by atoms with Gasteiger partial charge in [0.15, 0.2) is 5.82 Å². The number of nitrogens with zero attached hydrogens (tertiary/aromatic N) is 3. The summed E-state index contributed by atoms with van der Waals surface area (Å²) < 4.78 is 13.7. The monoisotopic (exact) mass is 421 g/mol. The van der Waals surface area contributed by atoms with E-state index < -0.39 is 0 Å². The number of piperidine rings is 1. The van der Waals surface area contributed by atoms with Crippen molar-refractivity contribution in [1.29, 1.82) is 0 Å². The number of fused-ring (bicyclic) bond motifs is 1. The van der Waals surface area contributed by atoms with Crippen LogP contribution in [0.15, 0.2) is 28.9 Å². The second-order valence-corrected chi connectivity index (χ2v) is 9.29. The van der Waals surface area contributed by atoms with Gasteiger partial charge >= 0.3 is 0 Å². The van der Waals surface area contributed by atoms with Crippen molar-refractivity contribution in [3.63, 3.8) is 0 Å². The lowest BCUT2D eigenvalue weighted by molar-refractivity contribution is -0.117. The first-order valence-electron chi connectivity index (χ1n) is 11.3. The largest absolute Gasteiger partial charge is 0.472 e. The molecule has 0 aromatic carbocycles. The number of ether oxygens (including phenoxy) is 1. The molecule has 8 nitrogen and oxygen atoms in total. The Bertz CT molecular complexity index is 1140. The third-order valence-electron chi connectivity index (χ3n) is 6.96. The molecule has 6 rings (SSSR count). The maximum absolute atomic E-state index is 12.1. The van der Waals surface area contributed by atoms with Gasteiger partial charge in [0, 0.05) is 30.1 Å². The fourth-order valence-electron chi connectivity index (χ4n) is 4.90. The first-order valence-corrected chi connectivity index (χ1v) is 11.3. The first-order chi connectivity index (χ1) is 15.1. The quantitative estimate of drug-likeness (QED) is 0.652. The van der Waals surface area contributed by atoms with Crippen molar-refractivity contribution >= 4 is 17.2 Å². The van der Waals surface area contributed by atoms with Crippen LogP contribution in [0.3, 0.4) is 0 Å². The number of aryl methyl sites for hydroxylation is 1. The van der Waals surface area contributed by atoms with Crippen molar-refractivity contribution < 1.29 is 14.1 Å². The number of carbonyl (C=O) groups is 1. The number of aromatic nitrogens is 3. The zero-order valence-corrected chi connectivity index (χ0v) is 17.7. The van der Waals surface area contributed by atoms with Crippen molar-refractivity contribution in [2.75, 3.05) is 11.9 Å². The highest BCUT2D eigenvalue weighted by Crippen LogP contribution is 2.41. The van der Waals surface area contributed by atoms with Crippen molar-refractivity contribution in [2.45, 2.75) is 63.5 Å². The van der Waals surface area contributed by atoms with Crippen molar-refractivity contribution in [3.8, 4) is 17.0 Å². The summed E-state index contributed by atoms with van der Waals surface area (Å²) in [6.45, 7) is 2.89. The smallest absolute Gasteiger partial charge is 0.262 e. The van der Waals surface area contributed by atoms with E-state index in [4.69, 9.17) is 9.26 Å². The van der Waals surface area contributed by atoms with E-state index in [9.17, 15) is 4.79 Å². The molecule has 1 aliphatic heterocycles. The summed E-state index contributed by atoms with van der Waals surface area (Å²) in [6, 6.07) is 5.90. The molecule has 8 heteroatoms. The molecular formula is C23H27N5O3. The summed E-state index contributed by atoms with van der Waals surface area (Å²) in [5.41, 5.74) is 3.01. The molecule has 3 aromatic rings. The molecule has 2 saturated carbocycles. The maximum Gasteiger partial charge on any atom is 0.262 e. The minimum atomic E-state index is 0.0559. The molecule has 0 bridgehead atoms. The number of amides is 1. The van der Waals surface area contributed by atoms with Crippen LogP contribution in [0.5, 0.6) is 5.88 Å². The Morgan fingerprint density at radius 1 is 1.32 bits per heavy atom. The number of carbonyl (C=O) groups excluding carboxylic acids is 1. The van der Waals surface area contributed by atoms with Crippen LogP contribution in [0.2, 0.25) is 0 Å². The summed E-state index contributed by atoms with van der Waals surface area (Å²) in [4.78, 5) is 12.1. The minimum Gasteiger partial charge on any atom is -0.472 e. The van der Waals surface area contributed by atoms with Crippen LogP contribution in [-0.4, -0.2) is 38.9 Å². The van der Waals surface area contributed by atoms with Crippen LogP contribution in [0.1, 0.15) is 50.7 Å². The second kappa shape index (κ2) is 7.09. The number of pyridine rings is 1. The van der Waals surface area contributed by atoms with E-state index in [1.807, 2.05) is 31.3 Å². The fourth-order valence-corrected chi connectivity index (χ4v) is 4.90. The van der Waals surface area contributed by atoms with E-state index >= 15 is 0 Å². The molecule has 1 saturated heterocycles. The predicted octanol–water partition coefficient (Wildman–Crippen LogP) is 3.70. The lowest BCUT2D eigenvalue weighted by Gasteiger charge is -2.48. The SMILES string of the molecule is Cc1onc(OC2CCNC3(CCC3)C2)c1-c1ccn2nc(NC(=O)C3CC3)cc2c1. The van der Waals surface area contributed by atoms with Gasteiger partial charge in [-0.25, -0.2) is 4.52 Å². The molecule has 1 amide bonds. The Labute approximate surface area is 180 Å². The number of nitrogens with one attached hydrogen (secondary N) is 2. The van der Waals surface area contributed by atoms with Crippen LogP contribution >= 0.6 is 0 Å². The molecule has 1 spiro atoms. The summed E-state index contributed by atoms with van der Waals surface area (Å²) >= 11 is 0. The topological polar surface area (TPSA) is 93.7 Å². The van der Waals surface area contributed by atoms with Crippen LogP contribution in [0, 0.1) is 12.8 Å². The van der Waals surface area contributed by atoms with Gasteiger partial charge in [0.1, 0.15) is 11.9 Å². The number of hydrogen-bond acceptors (Lipinski definition) is 6. The van der Waals surface area contributed by atoms with E-state index in [0.717, 1.165) is 54.6 Å². The lowest BCUT2D eigenvalue weighted by atomic mass is 9.71. The van der Waals surface area contributed by atoms with Gasteiger partial charge in [0.2, 0.25) is 5.91 Å². The third kappa shape index (κ3) is 3.48. The van der Waals surface area contributed by atoms with Gasteiger partial charge in [-0.05, 0) is 74.8 Å². The Morgan fingerprint density at radius 3 is 2.97 bits per heavy atom. The van der Waals surface area contributed by atoms with Crippen LogP contribution in [-0.2, 0) is 4.79 Å². The molecule has 162 valence electrons. The second-order valence-electron chi connectivity index (χ2n) is 9.29. The van der Waals surface area contributed by atoms with Crippen LogP contribution in [0.4, 0.5) is 5.82 Å². The van der Waals surface area contributed by atoms with Crippen LogP contribution < -0.4 is 15.4 Å². The van der Waals surface area contributed by atoms with Gasteiger partial charge in [-0.3, -0.25) is 4.79 Å². The minimum absolute atomic E-state index is 0.0559. The van der Waals surface area contributed by atoms with E-state index in [1.54, 1.807) is 4.52 Å². The molecule has 3 fully saturated rings. The summed E-state index contributed by atoms with van der Waals surface area (Å²) in [7, 11) is 0. The Balaban J connectivity index is 1.25. The predicted molar refractivity (Wildman–Crippen MR) is 115 cm³/mol. The van der Waals surface area contributed by atoms with E-state index in [-0.39, 0.29) is 23.5 Å². The Hall–Kier alpha value is -2.87. The van der Waals surface area contributed by atoms with E-state index in [2.05, 4.69) is 20.9 Å². The highest BCUT2D eigenvalue weighted by atomic mass is 16.5. The molecule has 31 heavy (non-hydrogen) atoms. The molecule has 3 aromatic heterocycles. The van der Waals surface area contributed by atoms with Crippen molar-refractivity contribution in [2.24, 2.45) is 5.92 Å². The zero-order valence-electron chi connectivity index (χ0n) is 17.7. The van der Waals surface area contributed by atoms with E-state index in [1.165, 1.54) is 19.3 Å². The zero-order chi connectivity index (χ0) is 21.0. The van der Waals surface area contributed by atoms with Gasteiger partial charge in [-0.15, -0.1) is 0 Å². The molecule has 1 unspecified atom stereocenters. The average Bonchev–Trinajstić information content (AvgIpc) is 3.43. The van der Waals surface area contributed by atoms with Gasteiger partial charge in [0.25, 0.3) is 5.88 Å². The average molecular weight is 422 g/mol. The van der Waals surface area contributed by atoms with Crippen LogP contribution in [0.25, 0.3) is 16.6 Å². The van der Waals surface area contributed by atoms with Gasteiger partial charge in [-0.2, -0.15) is 5.10 Å². The third-order valence-corrected chi connectivity index (χ3v) is 6.96. The molecule has 0 radical (unpaired) electrons. The highest BCUT2D eigenvalue weighted by Gasteiger charge is 2.42. The van der Waals surface area contributed by atoms with Crippen molar-refractivity contribution in [3.05, 3.63) is 30.2 Å². The molecule has 2 N–H and O–H groups in total. The van der Waals surface area contributed by atoms with Crippen molar-refractivity contribution in [1.82, 2.24) is 20.1 Å². The normalized spacial score (nSPS) is 22.4.